The van der Waals surface area contributed by atoms with E-state index in [-0.39, 0.29) is 10.3 Å². The van der Waals surface area contributed by atoms with E-state index in [0.29, 0.717) is 11.3 Å². The second-order valence-corrected chi connectivity index (χ2v) is 9.17. The Balaban J connectivity index is 0.000000271. The van der Waals surface area contributed by atoms with E-state index in [1.54, 1.807) is 24.3 Å². The van der Waals surface area contributed by atoms with Crippen LogP contribution in [-0.4, -0.2) is 40.5 Å². The molecule has 1 amide bonds. The molecule has 4 N–H and O–H groups in total. The van der Waals surface area contributed by atoms with E-state index in [4.69, 9.17) is 14.5 Å². The van der Waals surface area contributed by atoms with E-state index in [2.05, 4.69) is 25.1 Å². The molecule has 8 nitrogen and oxygen atoms in total. The number of nitrogens with one attached hydrogen (secondary N) is 1. The van der Waals surface area contributed by atoms with Gasteiger partial charge in [-0.3, -0.25) is 0 Å². The predicted molar refractivity (Wildman–Crippen MR) is 93.9 cm³/mol. The van der Waals surface area contributed by atoms with E-state index in [0.717, 1.165) is 4.47 Å². The first-order valence-corrected chi connectivity index (χ1v) is 10.8. The molecule has 0 aliphatic rings. The van der Waals surface area contributed by atoms with Crippen molar-refractivity contribution in [2.75, 3.05) is 5.32 Å². The summed E-state index contributed by atoms with van der Waals surface area (Å²) in [6, 6.07) is 12.1. The molecule has 0 spiro atoms. The van der Waals surface area contributed by atoms with Gasteiger partial charge in [0, 0.05) is 4.47 Å². The Morgan fingerprint density at radius 1 is 1.16 bits per heavy atom. The number of rotatable bonds is 4. The molecule has 2 aromatic carbocycles. The first-order chi connectivity index (χ1) is 11.7. The second-order valence-electron chi connectivity index (χ2n) is 4.65. The Bertz CT molecular complexity index is 795. The van der Waals surface area contributed by atoms with Crippen LogP contribution < -0.4 is 9.67 Å². The Labute approximate surface area is 154 Å². The van der Waals surface area contributed by atoms with Crippen molar-refractivity contribution in [1.82, 2.24) is 0 Å². The van der Waals surface area contributed by atoms with Gasteiger partial charge in [0.25, 0.3) is 0 Å². The zero-order valence-corrected chi connectivity index (χ0v) is 16.4. The van der Waals surface area contributed by atoms with E-state index in [9.17, 15) is 13.3 Å². The van der Waals surface area contributed by atoms with Gasteiger partial charge in [-0.2, -0.15) is 0 Å². The fourth-order valence-corrected chi connectivity index (χ4v) is 3.31. The number of hydrogen-bond acceptors (Lipinski definition) is 5. The van der Waals surface area contributed by atoms with Crippen LogP contribution in [-0.2, 0) is 12.4 Å². The Hall–Kier alpha value is -1.90. The van der Waals surface area contributed by atoms with Gasteiger partial charge in [0.15, 0.2) is 0 Å². The van der Waals surface area contributed by atoms with Gasteiger partial charge in [-0.05, 0) is 18.2 Å². The molecule has 0 saturated carbocycles. The summed E-state index contributed by atoms with van der Waals surface area (Å²) >= 11 is -1.60. The normalized spacial score (nSPS) is 12.3. The van der Waals surface area contributed by atoms with Crippen molar-refractivity contribution in [2.45, 2.75) is 6.92 Å². The molecule has 0 fully saturated rings. The van der Waals surface area contributed by atoms with Crippen molar-refractivity contribution in [3.63, 3.8) is 0 Å². The molecule has 0 aliphatic heterocycles. The van der Waals surface area contributed by atoms with E-state index in [1.807, 2.05) is 0 Å². The van der Waals surface area contributed by atoms with Crippen LogP contribution >= 0.6 is 15.9 Å². The number of halogens is 1. The summed E-state index contributed by atoms with van der Waals surface area (Å²) in [5, 5.41) is 19.2. The molecule has 134 valence electrons. The average molecular weight is 476 g/mol. The van der Waals surface area contributed by atoms with Gasteiger partial charge >= 0.3 is 94.4 Å². The summed E-state index contributed by atoms with van der Waals surface area (Å²) in [6.45, 7) is 1.35. The second kappa shape index (κ2) is 9.55. The van der Waals surface area contributed by atoms with Crippen LogP contribution in [0.1, 0.15) is 17.3 Å². The maximum atomic E-state index is 11.2. The van der Waals surface area contributed by atoms with Crippen LogP contribution in [0.4, 0.5) is 5.69 Å². The Morgan fingerprint density at radius 2 is 1.76 bits per heavy atom. The molecule has 2 rings (SSSR count). The summed E-state index contributed by atoms with van der Waals surface area (Å²) in [5.41, 5.74) is 0.800. The molecule has 1 atom stereocenters. The van der Waals surface area contributed by atoms with Gasteiger partial charge in [-0.1, -0.05) is 22.0 Å². The monoisotopic (exact) mass is 475 g/mol. The minimum absolute atomic E-state index is 0.00438. The number of hydrogen-bond donors (Lipinski definition) is 4. The average Bonchev–Trinajstić information content (AvgIpc) is 2.55. The maximum Gasteiger partial charge on any atom is 0.335 e. The molecule has 0 bridgehead atoms. The third-order valence-corrected chi connectivity index (χ3v) is 5.65. The van der Waals surface area contributed by atoms with Gasteiger partial charge in [0.1, 0.15) is 0 Å². The fourth-order valence-electron chi connectivity index (χ4n) is 1.61. The number of anilines is 1. The first-order valence-electron chi connectivity index (χ1n) is 6.68. The van der Waals surface area contributed by atoms with Gasteiger partial charge < -0.3 is 5.11 Å². The minimum Gasteiger partial charge on any atom is -0.478 e. The number of carbonyl (C=O) groups excluding carboxylic acids is 1. The Morgan fingerprint density at radius 3 is 2.16 bits per heavy atom. The fraction of sp³-hybridized carbons (Fsp3) is 0.0667. The van der Waals surface area contributed by atoms with Crippen LogP contribution in [0.2, 0.25) is 0 Å². The SMILES string of the molecule is CC(=O)Nc1ccc([As](=O)(O)OO)cc1.O=C(O)c1cccc(Br)c1. The van der Waals surface area contributed by atoms with Gasteiger partial charge in [0.05, 0.1) is 5.56 Å². The number of benzene rings is 2. The number of carboxylic acid groups (broad SMARTS) is 1. The molecule has 1 unspecified atom stereocenters. The van der Waals surface area contributed by atoms with Crippen molar-refractivity contribution in [3.05, 3.63) is 58.6 Å². The number of carbonyl (C=O) groups is 2. The number of amides is 1. The standard InChI is InChI=1S/C8H10AsNO5.C7H5BrO2/c1-6(11)10-8-4-2-7(3-5-8)9(12,13)15-14;8-6-3-1-2-5(4-6)7(9)10/h2-5,14H,1H3,(H,10,11)(H,12,13);1-4H,(H,9,10). The van der Waals surface area contributed by atoms with E-state index >= 15 is 0 Å². The number of aromatic carboxylic acids is 1. The summed E-state index contributed by atoms with van der Waals surface area (Å²) in [7, 11) is 0. The summed E-state index contributed by atoms with van der Waals surface area (Å²) < 4.78 is 24.6. The van der Waals surface area contributed by atoms with E-state index < -0.39 is 20.1 Å². The molecule has 2 aromatic rings. The molecule has 0 aliphatic carbocycles. The summed E-state index contributed by atoms with van der Waals surface area (Å²) in [6.07, 6.45) is 0. The zero-order chi connectivity index (χ0) is 19.0. The number of carboxylic acids is 1. The first kappa shape index (κ1) is 21.1. The van der Waals surface area contributed by atoms with Gasteiger partial charge in [-0.25, -0.2) is 4.79 Å². The van der Waals surface area contributed by atoms with Crippen LogP contribution in [0, 0.1) is 0 Å². The van der Waals surface area contributed by atoms with Crippen molar-refractivity contribution >= 4 is 52.0 Å². The maximum absolute atomic E-state index is 11.2. The third-order valence-electron chi connectivity index (χ3n) is 2.70. The van der Waals surface area contributed by atoms with Gasteiger partial charge in [0.2, 0.25) is 0 Å². The molecular weight excluding hydrogens is 461 g/mol. The molecule has 0 aromatic heterocycles. The van der Waals surface area contributed by atoms with E-state index in [1.165, 1.54) is 31.2 Å². The van der Waals surface area contributed by atoms with Crippen molar-refractivity contribution in [2.24, 2.45) is 0 Å². The molecule has 0 radical (unpaired) electrons. The molecule has 0 saturated heterocycles. The van der Waals surface area contributed by atoms with Crippen LogP contribution in [0.15, 0.2) is 53.0 Å². The Kier molecular flexibility index (Phi) is 8.07. The van der Waals surface area contributed by atoms with Crippen molar-refractivity contribution in [1.29, 1.82) is 0 Å². The van der Waals surface area contributed by atoms with Crippen LogP contribution in [0.5, 0.6) is 0 Å². The van der Waals surface area contributed by atoms with Crippen LogP contribution in [0.25, 0.3) is 0 Å². The molecule has 0 heterocycles. The summed E-state index contributed by atoms with van der Waals surface area (Å²) in [4.78, 5) is 21.0. The smallest absolute Gasteiger partial charge is 0.335 e. The van der Waals surface area contributed by atoms with Crippen LogP contribution in [0.3, 0.4) is 0 Å². The molecular formula is C15H15AsBrNO7. The van der Waals surface area contributed by atoms with Gasteiger partial charge in [-0.15, -0.1) is 0 Å². The third kappa shape index (κ3) is 7.25. The quantitative estimate of drug-likeness (QED) is 0.301. The molecule has 25 heavy (non-hydrogen) atoms. The van der Waals surface area contributed by atoms with Crippen molar-refractivity contribution in [3.8, 4) is 0 Å². The largest absolute Gasteiger partial charge is 0.478 e. The topological polar surface area (TPSA) is 133 Å². The van der Waals surface area contributed by atoms with Crippen molar-refractivity contribution < 1.29 is 31.7 Å². The molecule has 10 heteroatoms. The zero-order valence-electron chi connectivity index (χ0n) is 12.9. The minimum atomic E-state index is -4.76. The summed E-state index contributed by atoms with van der Waals surface area (Å²) in [5.74, 6) is -1.14. The predicted octanol–water partition coefficient (Wildman–Crippen LogP) is 1.85.